The highest BCUT2D eigenvalue weighted by atomic mass is 16.5. The van der Waals surface area contributed by atoms with Gasteiger partial charge in [-0.15, -0.1) is 0 Å². The second-order valence-corrected chi connectivity index (χ2v) is 4.48. The van der Waals surface area contributed by atoms with Gasteiger partial charge >= 0.3 is 0 Å². The molecule has 0 amide bonds. The van der Waals surface area contributed by atoms with E-state index in [0.717, 1.165) is 5.56 Å². The fraction of sp³-hybridized carbons (Fsp3) is 0.200. The summed E-state index contributed by atoms with van der Waals surface area (Å²) in [5, 5.41) is 7.39. The quantitative estimate of drug-likeness (QED) is 0.656. The normalized spacial score (nSPS) is 10.2. The summed E-state index contributed by atoms with van der Waals surface area (Å²) in [7, 11) is 4.76. The lowest BCUT2D eigenvalue weighted by molar-refractivity contribution is 0.355. The van der Waals surface area contributed by atoms with Crippen molar-refractivity contribution >= 4 is 5.84 Å². The van der Waals surface area contributed by atoms with Crippen LogP contribution < -0.4 is 20.8 Å². The molecule has 0 atom stereocenters. The molecule has 1 aromatic carbocycles. The SMILES string of the molecule is COc1ccc(-c2ccc(C(=N)N)c(=O)n2C)cc1OC. The van der Waals surface area contributed by atoms with Crippen LogP contribution in [0, 0.1) is 5.41 Å². The molecule has 0 bridgehead atoms. The van der Waals surface area contributed by atoms with Crippen LogP contribution in [0.2, 0.25) is 0 Å². The molecular weight excluding hydrogens is 270 g/mol. The number of nitrogens with one attached hydrogen (secondary N) is 1. The van der Waals surface area contributed by atoms with E-state index in [0.29, 0.717) is 17.2 Å². The van der Waals surface area contributed by atoms with Crippen LogP contribution in [0.15, 0.2) is 35.1 Å². The van der Waals surface area contributed by atoms with E-state index in [2.05, 4.69) is 0 Å². The number of hydrogen-bond donors (Lipinski definition) is 2. The van der Waals surface area contributed by atoms with Gasteiger partial charge in [0, 0.05) is 12.6 Å². The molecule has 21 heavy (non-hydrogen) atoms. The minimum atomic E-state index is -0.310. The first-order valence-electron chi connectivity index (χ1n) is 6.26. The lowest BCUT2D eigenvalue weighted by atomic mass is 10.1. The summed E-state index contributed by atoms with van der Waals surface area (Å²) in [5.74, 6) is 0.958. The maximum Gasteiger partial charge on any atom is 0.261 e. The fourth-order valence-corrected chi connectivity index (χ4v) is 2.13. The van der Waals surface area contributed by atoms with E-state index in [1.165, 1.54) is 4.57 Å². The summed E-state index contributed by atoms with van der Waals surface area (Å²) in [4.78, 5) is 12.2. The summed E-state index contributed by atoms with van der Waals surface area (Å²) >= 11 is 0. The molecule has 1 aromatic heterocycles. The Hall–Kier alpha value is -2.76. The van der Waals surface area contributed by atoms with Crippen LogP contribution in [-0.4, -0.2) is 24.6 Å². The van der Waals surface area contributed by atoms with E-state index < -0.39 is 0 Å². The molecule has 0 saturated heterocycles. The smallest absolute Gasteiger partial charge is 0.261 e. The zero-order chi connectivity index (χ0) is 15.6. The zero-order valence-corrected chi connectivity index (χ0v) is 12.1. The molecule has 0 saturated carbocycles. The molecule has 110 valence electrons. The van der Waals surface area contributed by atoms with Gasteiger partial charge in [-0.25, -0.2) is 0 Å². The van der Waals surface area contributed by atoms with Crippen molar-refractivity contribution in [3.63, 3.8) is 0 Å². The molecule has 0 fully saturated rings. The summed E-state index contributed by atoms with van der Waals surface area (Å²) in [6.45, 7) is 0. The zero-order valence-electron chi connectivity index (χ0n) is 12.1. The van der Waals surface area contributed by atoms with Gasteiger partial charge in [0.2, 0.25) is 0 Å². The van der Waals surface area contributed by atoms with Crippen LogP contribution in [0.25, 0.3) is 11.3 Å². The molecule has 1 heterocycles. The van der Waals surface area contributed by atoms with Gasteiger partial charge in [-0.1, -0.05) is 0 Å². The average molecular weight is 287 g/mol. The maximum absolute atomic E-state index is 12.2. The predicted octanol–water partition coefficient (Wildman–Crippen LogP) is 1.35. The maximum atomic E-state index is 12.2. The van der Waals surface area contributed by atoms with Crippen molar-refractivity contribution in [2.45, 2.75) is 0 Å². The van der Waals surface area contributed by atoms with E-state index in [4.69, 9.17) is 20.6 Å². The second kappa shape index (κ2) is 5.70. The molecule has 3 N–H and O–H groups in total. The van der Waals surface area contributed by atoms with Gasteiger partial charge in [0.25, 0.3) is 5.56 Å². The van der Waals surface area contributed by atoms with Gasteiger partial charge in [0.05, 0.1) is 25.5 Å². The third-order valence-electron chi connectivity index (χ3n) is 3.27. The van der Waals surface area contributed by atoms with Crippen molar-refractivity contribution in [3.05, 3.63) is 46.2 Å². The van der Waals surface area contributed by atoms with Crippen LogP contribution >= 0.6 is 0 Å². The Morgan fingerprint density at radius 1 is 1.14 bits per heavy atom. The fourth-order valence-electron chi connectivity index (χ4n) is 2.13. The Morgan fingerprint density at radius 3 is 2.38 bits per heavy atom. The average Bonchev–Trinajstić information content (AvgIpc) is 2.48. The van der Waals surface area contributed by atoms with Crippen molar-refractivity contribution in [2.75, 3.05) is 14.2 Å². The molecule has 0 radical (unpaired) electrons. The monoisotopic (exact) mass is 287 g/mol. The highest BCUT2D eigenvalue weighted by molar-refractivity contribution is 5.94. The minimum absolute atomic E-state index is 0.182. The predicted molar refractivity (Wildman–Crippen MR) is 81.2 cm³/mol. The molecule has 0 spiro atoms. The lowest BCUT2D eigenvalue weighted by Gasteiger charge is -2.13. The third kappa shape index (κ3) is 2.60. The van der Waals surface area contributed by atoms with Crippen LogP contribution in [0.5, 0.6) is 11.5 Å². The first-order chi connectivity index (χ1) is 9.99. The molecule has 2 rings (SSSR count). The molecule has 6 nitrogen and oxygen atoms in total. The Kier molecular flexibility index (Phi) is 3.98. The van der Waals surface area contributed by atoms with E-state index in [9.17, 15) is 4.79 Å². The van der Waals surface area contributed by atoms with Crippen LogP contribution in [0.4, 0.5) is 0 Å². The summed E-state index contributed by atoms with van der Waals surface area (Å²) in [6, 6.07) is 8.71. The topological polar surface area (TPSA) is 90.3 Å². The highest BCUT2D eigenvalue weighted by Gasteiger charge is 2.12. The van der Waals surface area contributed by atoms with Crippen molar-refractivity contribution in [1.82, 2.24) is 4.57 Å². The number of hydrogen-bond acceptors (Lipinski definition) is 4. The summed E-state index contributed by atoms with van der Waals surface area (Å²) in [6.07, 6.45) is 0. The number of methoxy groups -OCH3 is 2. The van der Waals surface area contributed by atoms with Gasteiger partial charge in [-0.05, 0) is 30.3 Å². The summed E-state index contributed by atoms with van der Waals surface area (Å²) in [5.41, 5.74) is 6.77. The Labute approximate surface area is 122 Å². The minimum Gasteiger partial charge on any atom is -0.493 e. The number of pyridine rings is 1. The molecule has 6 heteroatoms. The highest BCUT2D eigenvalue weighted by Crippen LogP contribution is 2.31. The first kappa shape index (κ1) is 14.6. The number of nitrogens with zero attached hydrogens (tertiary/aromatic N) is 1. The number of ether oxygens (including phenoxy) is 2. The largest absolute Gasteiger partial charge is 0.493 e. The molecule has 0 aliphatic carbocycles. The number of aromatic nitrogens is 1. The number of rotatable bonds is 4. The van der Waals surface area contributed by atoms with Crippen molar-refractivity contribution in [3.8, 4) is 22.8 Å². The Bertz CT molecular complexity index is 750. The second-order valence-electron chi connectivity index (χ2n) is 4.48. The molecular formula is C15H17N3O3. The number of nitrogen functional groups attached to an aromatic ring is 1. The van der Waals surface area contributed by atoms with Gasteiger partial charge in [-0.3, -0.25) is 10.2 Å². The standard InChI is InChI=1S/C15H17N3O3/c1-18-11(6-5-10(14(16)17)15(18)19)9-4-7-12(20-2)13(8-9)21-3/h4-8H,1-3H3,(H3,16,17). The number of nitrogens with two attached hydrogens (primary N) is 1. The van der Waals surface area contributed by atoms with Crippen LogP contribution in [0.1, 0.15) is 5.56 Å². The molecule has 0 aliphatic rings. The van der Waals surface area contributed by atoms with Crippen molar-refractivity contribution < 1.29 is 9.47 Å². The summed E-state index contributed by atoms with van der Waals surface area (Å²) < 4.78 is 11.9. The lowest BCUT2D eigenvalue weighted by Crippen LogP contribution is -2.28. The number of amidine groups is 1. The number of benzene rings is 1. The van der Waals surface area contributed by atoms with Crippen LogP contribution in [-0.2, 0) is 7.05 Å². The van der Waals surface area contributed by atoms with Gasteiger partial charge in [0.1, 0.15) is 5.84 Å². The van der Waals surface area contributed by atoms with E-state index in [1.807, 2.05) is 6.07 Å². The van der Waals surface area contributed by atoms with E-state index in [1.54, 1.807) is 45.5 Å². The van der Waals surface area contributed by atoms with Gasteiger partial charge in [0.15, 0.2) is 11.5 Å². The van der Waals surface area contributed by atoms with Crippen molar-refractivity contribution in [1.29, 1.82) is 5.41 Å². The van der Waals surface area contributed by atoms with Crippen LogP contribution in [0.3, 0.4) is 0 Å². The van der Waals surface area contributed by atoms with E-state index in [-0.39, 0.29) is 17.0 Å². The van der Waals surface area contributed by atoms with Gasteiger partial charge < -0.3 is 19.8 Å². The molecule has 0 aliphatic heterocycles. The first-order valence-corrected chi connectivity index (χ1v) is 6.26. The van der Waals surface area contributed by atoms with Gasteiger partial charge in [-0.2, -0.15) is 0 Å². The van der Waals surface area contributed by atoms with Crippen molar-refractivity contribution in [2.24, 2.45) is 12.8 Å². The molecule has 0 unspecified atom stereocenters. The Morgan fingerprint density at radius 2 is 1.81 bits per heavy atom. The van der Waals surface area contributed by atoms with E-state index >= 15 is 0 Å². The molecule has 2 aromatic rings. The Balaban J connectivity index is 2.60. The third-order valence-corrected chi connectivity index (χ3v) is 3.27.